The molecular weight excluding hydrogens is 497 g/mol. The first-order valence-corrected chi connectivity index (χ1v) is 11.3. The van der Waals surface area contributed by atoms with Crippen LogP contribution < -0.4 is 10.1 Å². The summed E-state index contributed by atoms with van der Waals surface area (Å²) in [6.45, 7) is -1.71. The summed E-state index contributed by atoms with van der Waals surface area (Å²) in [5.41, 5.74) is -0.548. The topological polar surface area (TPSA) is 132 Å². The lowest BCUT2D eigenvalue weighted by Crippen LogP contribution is -2.43. The third kappa shape index (κ3) is 4.52. The molecule has 2 aromatic rings. The maximum Gasteiger partial charge on any atom is 0.530 e. The molecule has 3 N–H and O–H groups in total. The van der Waals surface area contributed by atoms with Crippen LogP contribution in [-0.2, 0) is 31.5 Å². The van der Waals surface area contributed by atoms with Gasteiger partial charge in [-0.3, -0.25) is 18.8 Å². The van der Waals surface area contributed by atoms with E-state index in [4.69, 9.17) is 42.1 Å². The van der Waals surface area contributed by atoms with Gasteiger partial charge >= 0.3 is 7.82 Å². The van der Waals surface area contributed by atoms with E-state index < -0.39 is 56.5 Å². The average Bonchev–Trinajstić information content (AvgIpc) is 2.95. The Hall–Kier alpha value is -1.70. The molecule has 0 radical (unpaired) electrons. The fourth-order valence-electron chi connectivity index (χ4n) is 3.20. The first kappa shape index (κ1) is 23.5. The van der Waals surface area contributed by atoms with Crippen LogP contribution in [0.3, 0.4) is 0 Å². The molecular formula is C17H16ClF2N2O8PS. The van der Waals surface area contributed by atoms with E-state index in [1.807, 2.05) is 0 Å². The second kappa shape index (κ2) is 8.58. The van der Waals surface area contributed by atoms with Crippen molar-refractivity contribution in [2.75, 3.05) is 6.61 Å². The summed E-state index contributed by atoms with van der Waals surface area (Å²) in [6.07, 6.45) is -4.55. The molecule has 0 bridgehead atoms. The summed E-state index contributed by atoms with van der Waals surface area (Å²) < 4.78 is 62.6. The van der Waals surface area contributed by atoms with Crippen LogP contribution >= 0.6 is 31.6 Å². The van der Waals surface area contributed by atoms with Crippen molar-refractivity contribution < 1.29 is 41.9 Å². The number of fused-ring (bicyclic) bond motifs is 1. The Kier molecular flexibility index (Phi) is 6.29. The zero-order valence-electron chi connectivity index (χ0n) is 15.9. The number of aromatic nitrogens is 2. The summed E-state index contributed by atoms with van der Waals surface area (Å²) >= 11 is 10.8. The number of ether oxygens (including phenoxy) is 1. The summed E-state index contributed by atoms with van der Waals surface area (Å²) in [4.78, 5) is 13.3. The number of aliphatic hydroxyl groups is 2. The molecule has 15 heteroatoms. The largest absolute Gasteiger partial charge is 0.530 e. The van der Waals surface area contributed by atoms with Crippen molar-refractivity contribution >= 4 is 31.6 Å². The number of H-pyrrole nitrogens is 1. The highest BCUT2D eigenvalue weighted by molar-refractivity contribution is 7.71. The number of alkyl halides is 1. The van der Waals surface area contributed by atoms with Crippen molar-refractivity contribution in [2.24, 2.45) is 0 Å². The van der Waals surface area contributed by atoms with Crippen molar-refractivity contribution in [3.05, 3.63) is 55.9 Å². The number of hydrogen-bond acceptors (Lipinski definition) is 9. The van der Waals surface area contributed by atoms with Gasteiger partial charge in [-0.15, -0.1) is 0 Å². The van der Waals surface area contributed by atoms with Crippen molar-refractivity contribution in [3.8, 4) is 5.75 Å². The van der Waals surface area contributed by atoms with Crippen LogP contribution in [-0.4, -0.2) is 50.5 Å². The van der Waals surface area contributed by atoms with Crippen LogP contribution in [0.25, 0.3) is 0 Å². The third-order valence-corrected chi connectivity index (χ3v) is 6.75. The second-order valence-electron chi connectivity index (χ2n) is 7.10. The van der Waals surface area contributed by atoms with Gasteiger partial charge < -0.3 is 24.0 Å². The zero-order chi connectivity index (χ0) is 23.3. The summed E-state index contributed by atoms with van der Waals surface area (Å²) in [5, 5.41) is 20.8. The minimum atomic E-state index is -4.28. The standard InChI is InChI=1S/C17H16ClF2N2O8PS/c18-9-1-2-11-8(3-9)6-27-31(26,30-11)28-7-17(20)14(24)13(23)12(29-17)5-22-4-10(19)15(25)21-16(22)32/h1-4,12-14,23-24H,5-7H2,(H,21,25,32)/t12-,13-,14-,17+,31?/m0/s1. The van der Waals surface area contributed by atoms with Gasteiger partial charge in [-0.05, 0) is 30.4 Å². The minimum Gasteiger partial charge on any atom is -0.404 e. The fourth-order valence-corrected chi connectivity index (χ4v) is 4.85. The number of benzene rings is 1. The Bertz CT molecular complexity index is 1210. The van der Waals surface area contributed by atoms with E-state index in [2.05, 4.69) is 4.98 Å². The number of rotatable bonds is 5. The summed E-state index contributed by atoms with van der Waals surface area (Å²) in [7, 11) is -4.28. The number of halogens is 3. The highest BCUT2D eigenvalue weighted by Crippen LogP contribution is 2.55. The monoisotopic (exact) mass is 512 g/mol. The maximum atomic E-state index is 15.3. The average molecular weight is 513 g/mol. The van der Waals surface area contributed by atoms with Crippen molar-refractivity contribution in [3.63, 3.8) is 0 Å². The number of phosphoric acid groups is 1. The molecule has 4 rings (SSSR count). The van der Waals surface area contributed by atoms with Gasteiger partial charge in [-0.2, -0.15) is 4.39 Å². The smallest absolute Gasteiger partial charge is 0.404 e. The van der Waals surface area contributed by atoms with Crippen LogP contribution in [0.15, 0.2) is 29.2 Å². The molecule has 0 saturated carbocycles. The molecule has 0 amide bonds. The van der Waals surface area contributed by atoms with Gasteiger partial charge in [0.05, 0.1) is 13.2 Å². The quantitative estimate of drug-likeness (QED) is 0.407. The van der Waals surface area contributed by atoms with E-state index in [0.717, 1.165) is 10.8 Å². The molecule has 1 aromatic heterocycles. The number of aliphatic hydroxyl groups excluding tert-OH is 2. The van der Waals surface area contributed by atoms with Crippen LogP contribution in [0.5, 0.6) is 5.75 Å². The van der Waals surface area contributed by atoms with Crippen molar-refractivity contribution in [1.29, 1.82) is 0 Å². The molecule has 174 valence electrons. The first-order valence-electron chi connectivity index (χ1n) is 9.09. The van der Waals surface area contributed by atoms with E-state index in [9.17, 15) is 24.0 Å². The van der Waals surface area contributed by atoms with Gasteiger partial charge in [0.25, 0.3) is 11.4 Å². The van der Waals surface area contributed by atoms with Crippen LogP contribution in [0, 0.1) is 10.6 Å². The summed E-state index contributed by atoms with van der Waals surface area (Å²) in [6, 6.07) is 4.46. The highest BCUT2D eigenvalue weighted by atomic mass is 35.5. The lowest BCUT2D eigenvalue weighted by Gasteiger charge is -2.28. The van der Waals surface area contributed by atoms with Crippen molar-refractivity contribution in [2.45, 2.75) is 37.3 Å². The molecule has 2 aliphatic heterocycles. The Morgan fingerprint density at radius 3 is 2.94 bits per heavy atom. The van der Waals surface area contributed by atoms with Crippen LogP contribution in [0.1, 0.15) is 5.56 Å². The molecule has 2 aliphatic rings. The molecule has 32 heavy (non-hydrogen) atoms. The number of nitrogens with zero attached hydrogens (tertiary/aromatic N) is 1. The highest BCUT2D eigenvalue weighted by Gasteiger charge is 2.56. The number of hydrogen-bond donors (Lipinski definition) is 3. The van der Waals surface area contributed by atoms with E-state index in [0.29, 0.717) is 10.6 Å². The SMILES string of the molecule is O=c1[nH]c(=S)n(C[C@@H]2O[C@](F)(COP3(=O)OCc4cc(Cl)ccc4O3)[C@@H](O)[C@H]2O)cc1F. The van der Waals surface area contributed by atoms with Gasteiger partial charge in [-0.25, -0.2) is 8.96 Å². The molecule has 1 unspecified atom stereocenters. The van der Waals surface area contributed by atoms with E-state index >= 15 is 4.39 Å². The Balaban J connectivity index is 1.45. The minimum absolute atomic E-state index is 0.164. The molecule has 1 fully saturated rings. The molecule has 5 atom stereocenters. The number of aromatic amines is 1. The normalized spacial score (nSPS) is 31.8. The molecule has 1 aromatic carbocycles. The van der Waals surface area contributed by atoms with Gasteiger partial charge in [0, 0.05) is 16.8 Å². The van der Waals surface area contributed by atoms with Gasteiger partial charge in [0.15, 0.2) is 4.77 Å². The van der Waals surface area contributed by atoms with Gasteiger partial charge in [-0.1, -0.05) is 11.6 Å². The Morgan fingerprint density at radius 1 is 1.44 bits per heavy atom. The van der Waals surface area contributed by atoms with E-state index in [1.54, 1.807) is 0 Å². The Labute approximate surface area is 188 Å². The second-order valence-corrected chi connectivity index (χ2v) is 9.52. The number of nitrogens with one attached hydrogen (secondary N) is 1. The van der Waals surface area contributed by atoms with Gasteiger partial charge in [0.1, 0.15) is 30.7 Å². The number of phosphoric ester groups is 1. The van der Waals surface area contributed by atoms with E-state index in [1.165, 1.54) is 18.2 Å². The van der Waals surface area contributed by atoms with Gasteiger partial charge in [0.2, 0.25) is 5.82 Å². The van der Waals surface area contributed by atoms with E-state index in [-0.39, 0.29) is 17.1 Å². The first-order chi connectivity index (χ1) is 15.0. The summed E-state index contributed by atoms with van der Waals surface area (Å²) in [5.74, 6) is -4.00. The maximum absolute atomic E-state index is 15.3. The Morgan fingerprint density at radius 2 is 2.19 bits per heavy atom. The zero-order valence-corrected chi connectivity index (χ0v) is 18.4. The third-order valence-electron chi connectivity index (χ3n) is 4.87. The molecule has 0 spiro atoms. The fraction of sp³-hybridized carbons (Fsp3) is 0.412. The predicted octanol–water partition coefficient (Wildman–Crippen LogP) is 2.22. The molecule has 0 aliphatic carbocycles. The lowest BCUT2D eigenvalue weighted by molar-refractivity contribution is -0.195. The molecule has 10 nitrogen and oxygen atoms in total. The van der Waals surface area contributed by atoms with Crippen molar-refractivity contribution in [1.82, 2.24) is 9.55 Å². The molecule has 3 heterocycles. The van der Waals surface area contributed by atoms with Crippen LogP contribution in [0.4, 0.5) is 8.78 Å². The van der Waals surface area contributed by atoms with Crippen LogP contribution in [0.2, 0.25) is 5.02 Å². The lowest BCUT2D eigenvalue weighted by atomic mass is 10.1. The molecule has 1 saturated heterocycles. The predicted molar refractivity (Wildman–Crippen MR) is 107 cm³/mol.